The molecule has 0 aliphatic rings. The van der Waals surface area contributed by atoms with E-state index >= 15 is 0 Å². The summed E-state index contributed by atoms with van der Waals surface area (Å²) in [6.45, 7) is 7.48. The number of phenols is 1. The number of ether oxygens (including phenoxy) is 1. The molecule has 1 rings (SSSR count). The lowest BCUT2D eigenvalue weighted by atomic mass is 10.2. The molecule has 3 nitrogen and oxygen atoms in total. The smallest absolute Gasteiger partial charge is 0.165 e. The highest BCUT2D eigenvalue weighted by molar-refractivity contribution is 5.33. The molecule has 0 heterocycles. The average molecular weight is 241 g/mol. The number of hydrogen-bond acceptors (Lipinski definition) is 3. The lowest BCUT2D eigenvalue weighted by Gasteiger charge is -2.20. The van der Waals surface area contributed by atoms with Gasteiger partial charge in [0.2, 0.25) is 0 Å². The van der Waals surface area contributed by atoms with E-state index in [9.17, 15) is 9.50 Å². The summed E-state index contributed by atoms with van der Waals surface area (Å²) in [5.41, 5.74) is 0.614. The predicted octanol–water partition coefficient (Wildman–Crippen LogP) is 2.39. The van der Waals surface area contributed by atoms with Crippen molar-refractivity contribution in [3.05, 3.63) is 29.6 Å². The van der Waals surface area contributed by atoms with Gasteiger partial charge >= 0.3 is 0 Å². The first-order valence-corrected chi connectivity index (χ1v) is 5.95. The van der Waals surface area contributed by atoms with Crippen molar-refractivity contribution in [3.63, 3.8) is 0 Å². The van der Waals surface area contributed by atoms with Crippen LogP contribution < -0.4 is 0 Å². The molecule has 0 amide bonds. The molecule has 0 aromatic heterocycles. The van der Waals surface area contributed by atoms with Gasteiger partial charge in [0.05, 0.1) is 6.61 Å². The zero-order valence-corrected chi connectivity index (χ0v) is 10.4. The molecule has 0 saturated heterocycles. The molecule has 0 fully saturated rings. The Hall–Kier alpha value is -1.13. The highest BCUT2D eigenvalue weighted by Crippen LogP contribution is 2.21. The molecule has 0 atom stereocenters. The number of nitrogens with zero attached hydrogens (tertiary/aromatic N) is 1. The van der Waals surface area contributed by atoms with Crippen molar-refractivity contribution < 1.29 is 14.2 Å². The van der Waals surface area contributed by atoms with Crippen molar-refractivity contribution in [1.29, 1.82) is 0 Å². The van der Waals surface area contributed by atoms with Crippen molar-refractivity contribution in [2.75, 3.05) is 26.3 Å². The van der Waals surface area contributed by atoms with Gasteiger partial charge in [0, 0.05) is 25.3 Å². The van der Waals surface area contributed by atoms with Crippen LogP contribution in [0.2, 0.25) is 0 Å². The number of phenolic OH excluding ortho intramolecular Hbond substituents is 1. The maximum Gasteiger partial charge on any atom is 0.165 e. The maximum atomic E-state index is 13.1. The van der Waals surface area contributed by atoms with Crippen molar-refractivity contribution in [3.8, 4) is 5.75 Å². The van der Waals surface area contributed by atoms with Gasteiger partial charge in [-0.3, -0.25) is 4.90 Å². The van der Waals surface area contributed by atoms with Crippen LogP contribution in [0.4, 0.5) is 4.39 Å². The molecule has 1 aromatic carbocycles. The van der Waals surface area contributed by atoms with Gasteiger partial charge in [-0.25, -0.2) is 4.39 Å². The zero-order valence-electron chi connectivity index (χ0n) is 10.4. The van der Waals surface area contributed by atoms with Crippen LogP contribution in [0.3, 0.4) is 0 Å². The topological polar surface area (TPSA) is 32.7 Å². The third-order valence-corrected chi connectivity index (χ3v) is 2.67. The molecule has 96 valence electrons. The van der Waals surface area contributed by atoms with E-state index in [1.54, 1.807) is 12.1 Å². The highest BCUT2D eigenvalue weighted by atomic mass is 19.1. The Bertz CT molecular complexity index is 344. The van der Waals surface area contributed by atoms with Gasteiger partial charge in [0.25, 0.3) is 0 Å². The zero-order chi connectivity index (χ0) is 12.7. The first kappa shape index (κ1) is 13.9. The lowest BCUT2D eigenvalue weighted by Crippen LogP contribution is -2.27. The summed E-state index contributed by atoms with van der Waals surface area (Å²) in [4.78, 5) is 2.10. The van der Waals surface area contributed by atoms with E-state index in [1.165, 1.54) is 6.07 Å². The van der Waals surface area contributed by atoms with E-state index in [0.29, 0.717) is 25.3 Å². The summed E-state index contributed by atoms with van der Waals surface area (Å²) < 4.78 is 18.4. The molecule has 0 aliphatic heterocycles. The molecular weight excluding hydrogens is 221 g/mol. The minimum Gasteiger partial charge on any atom is -0.505 e. The summed E-state index contributed by atoms with van der Waals surface area (Å²) in [5, 5.41) is 9.58. The Morgan fingerprint density at radius 3 is 2.76 bits per heavy atom. The predicted molar refractivity (Wildman–Crippen MR) is 65.5 cm³/mol. The Balaban J connectivity index is 2.57. The largest absolute Gasteiger partial charge is 0.505 e. The standard InChI is InChI=1S/C13H20FNO2/c1-3-15(8-9-17-4-2)10-11-6-5-7-12(14)13(11)16/h5-7,16H,3-4,8-10H2,1-2H3. The van der Waals surface area contributed by atoms with E-state index in [0.717, 1.165) is 13.1 Å². The SMILES string of the molecule is CCOCCN(CC)Cc1cccc(F)c1O. The van der Waals surface area contributed by atoms with Crippen molar-refractivity contribution >= 4 is 0 Å². The molecule has 0 radical (unpaired) electrons. The van der Waals surface area contributed by atoms with Crippen LogP contribution in [0.15, 0.2) is 18.2 Å². The minimum absolute atomic E-state index is 0.248. The van der Waals surface area contributed by atoms with Gasteiger partial charge in [0.15, 0.2) is 11.6 Å². The Morgan fingerprint density at radius 1 is 1.35 bits per heavy atom. The summed E-state index contributed by atoms with van der Waals surface area (Å²) in [6.07, 6.45) is 0. The summed E-state index contributed by atoms with van der Waals surface area (Å²) in [5.74, 6) is -0.814. The normalized spacial score (nSPS) is 11.1. The summed E-state index contributed by atoms with van der Waals surface area (Å²) >= 11 is 0. The van der Waals surface area contributed by atoms with E-state index in [1.807, 2.05) is 13.8 Å². The van der Waals surface area contributed by atoms with Crippen LogP contribution >= 0.6 is 0 Å². The van der Waals surface area contributed by atoms with E-state index in [-0.39, 0.29) is 5.75 Å². The van der Waals surface area contributed by atoms with Crippen LogP contribution in [0, 0.1) is 5.82 Å². The quantitative estimate of drug-likeness (QED) is 0.744. The second kappa shape index (κ2) is 7.25. The molecule has 0 spiro atoms. The average Bonchev–Trinajstić information content (AvgIpc) is 2.33. The monoisotopic (exact) mass is 241 g/mol. The van der Waals surface area contributed by atoms with Crippen LogP contribution in [0.25, 0.3) is 0 Å². The fourth-order valence-electron chi connectivity index (χ4n) is 1.62. The van der Waals surface area contributed by atoms with Gasteiger partial charge in [-0.2, -0.15) is 0 Å². The fourth-order valence-corrected chi connectivity index (χ4v) is 1.62. The van der Waals surface area contributed by atoms with Crippen LogP contribution in [-0.2, 0) is 11.3 Å². The van der Waals surface area contributed by atoms with Gasteiger partial charge in [-0.05, 0) is 19.5 Å². The molecule has 1 N–H and O–H groups in total. The van der Waals surface area contributed by atoms with Crippen molar-refractivity contribution in [2.45, 2.75) is 20.4 Å². The Kier molecular flexibility index (Phi) is 5.94. The van der Waals surface area contributed by atoms with Crippen LogP contribution in [0.5, 0.6) is 5.75 Å². The first-order valence-electron chi connectivity index (χ1n) is 5.95. The van der Waals surface area contributed by atoms with E-state index < -0.39 is 5.82 Å². The van der Waals surface area contributed by atoms with Crippen LogP contribution in [0.1, 0.15) is 19.4 Å². The molecule has 0 saturated carbocycles. The van der Waals surface area contributed by atoms with E-state index in [4.69, 9.17) is 4.74 Å². The number of benzene rings is 1. The lowest BCUT2D eigenvalue weighted by molar-refractivity contribution is 0.112. The number of rotatable bonds is 7. The molecule has 0 unspecified atom stereocenters. The third-order valence-electron chi connectivity index (χ3n) is 2.67. The molecule has 4 heteroatoms. The van der Waals surface area contributed by atoms with Gasteiger partial charge in [-0.15, -0.1) is 0 Å². The Labute approximate surface area is 102 Å². The second-order valence-electron chi connectivity index (χ2n) is 3.81. The summed E-state index contributed by atoms with van der Waals surface area (Å²) in [6, 6.07) is 4.61. The molecule has 0 bridgehead atoms. The number of aromatic hydroxyl groups is 1. The van der Waals surface area contributed by atoms with E-state index in [2.05, 4.69) is 4.90 Å². The molecule has 17 heavy (non-hydrogen) atoms. The minimum atomic E-state index is -0.566. The van der Waals surface area contributed by atoms with Crippen LogP contribution in [-0.4, -0.2) is 36.3 Å². The molecule has 1 aromatic rings. The maximum absolute atomic E-state index is 13.1. The van der Waals surface area contributed by atoms with Crippen molar-refractivity contribution in [2.24, 2.45) is 0 Å². The summed E-state index contributed by atoms with van der Waals surface area (Å²) in [7, 11) is 0. The number of likely N-dealkylation sites (N-methyl/N-ethyl adjacent to an activating group) is 1. The fraction of sp³-hybridized carbons (Fsp3) is 0.538. The number of halogens is 1. The van der Waals surface area contributed by atoms with Gasteiger partial charge in [-0.1, -0.05) is 19.1 Å². The second-order valence-corrected chi connectivity index (χ2v) is 3.81. The number of para-hydroxylation sites is 1. The van der Waals surface area contributed by atoms with Gasteiger partial charge < -0.3 is 9.84 Å². The highest BCUT2D eigenvalue weighted by Gasteiger charge is 2.10. The first-order chi connectivity index (χ1) is 8.19. The molecule has 0 aliphatic carbocycles. The Morgan fingerprint density at radius 2 is 2.12 bits per heavy atom. The van der Waals surface area contributed by atoms with Crippen molar-refractivity contribution in [1.82, 2.24) is 4.90 Å². The van der Waals surface area contributed by atoms with Gasteiger partial charge in [0.1, 0.15) is 0 Å². The third kappa shape index (κ3) is 4.32. The molecular formula is C13H20FNO2. The number of hydrogen-bond donors (Lipinski definition) is 1.